The number of benzene rings is 1. The molecule has 4 aromatic rings. The Labute approximate surface area is 131 Å². The molecule has 0 bridgehead atoms. The lowest BCUT2D eigenvalue weighted by atomic mass is 10.1. The lowest BCUT2D eigenvalue weighted by Crippen LogP contribution is -2.12. The SMILES string of the molecule is O=C(Nc1cccc(-c2cn3cccnc3n2)c1)c1ccn[nH]1. The molecule has 1 aromatic carbocycles. The molecule has 0 aliphatic heterocycles. The van der Waals surface area contributed by atoms with Gasteiger partial charge in [-0.25, -0.2) is 9.97 Å². The van der Waals surface area contributed by atoms with Crippen LogP contribution in [0.4, 0.5) is 5.69 Å². The van der Waals surface area contributed by atoms with Gasteiger partial charge in [0, 0.05) is 36.0 Å². The molecule has 0 unspecified atom stereocenters. The average molecular weight is 304 g/mol. The molecule has 0 fully saturated rings. The molecular weight excluding hydrogens is 292 g/mol. The molecular formula is C16H12N6O. The summed E-state index contributed by atoms with van der Waals surface area (Å²) in [5.41, 5.74) is 2.79. The minimum Gasteiger partial charge on any atom is -0.321 e. The lowest BCUT2D eigenvalue weighted by molar-refractivity contribution is 0.102. The van der Waals surface area contributed by atoms with E-state index in [9.17, 15) is 4.79 Å². The van der Waals surface area contributed by atoms with Gasteiger partial charge >= 0.3 is 0 Å². The number of fused-ring (bicyclic) bond motifs is 1. The first-order valence-corrected chi connectivity index (χ1v) is 7.00. The second kappa shape index (κ2) is 5.38. The highest BCUT2D eigenvalue weighted by Gasteiger charge is 2.09. The van der Waals surface area contributed by atoms with E-state index in [4.69, 9.17) is 0 Å². The van der Waals surface area contributed by atoms with Gasteiger partial charge in [0.2, 0.25) is 5.78 Å². The smallest absolute Gasteiger partial charge is 0.273 e. The molecule has 2 N–H and O–H groups in total. The number of hydrogen-bond donors (Lipinski definition) is 2. The molecule has 0 aliphatic rings. The molecule has 0 aliphatic carbocycles. The Kier molecular flexibility index (Phi) is 3.09. The Hall–Kier alpha value is -3.48. The van der Waals surface area contributed by atoms with Crippen molar-refractivity contribution in [1.82, 2.24) is 24.6 Å². The van der Waals surface area contributed by atoms with Gasteiger partial charge in [-0.2, -0.15) is 5.10 Å². The van der Waals surface area contributed by atoms with Crippen LogP contribution < -0.4 is 5.32 Å². The van der Waals surface area contributed by atoms with E-state index < -0.39 is 0 Å². The summed E-state index contributed by atoms with van der Waals surface area (Å²) < 4.78 is 1.85. The topological polar surface area (TPSA) is 88.0 Å². The van der Waals surface area contributed by atoms with E-state index in [1.54, 1.807) is 12.3 Å². The molecule has 4 rings (SSSR count). The van der Waals surface area contributed by atoms with Crippen molar-refractivity contribution in [3.8, 4) is 11.3 Å². The largest absolute Gasteiger partial charge is 0.321 e. The van der Waals surface area contributed by atoms with Crippen LogP contribution in [-0.4, -0.2) is 30.5 Å². The molecule has 0 radical (unpaired) electrons. The van der Waals surface area contributed by atoms with Crippen LogP contribution in [0.2, 0.25) is 0 Å². The maximum atomic E-state index is 12.1. The van der Waals surface area contributed by atoms with Crippen molar-refractivity contribution in [3.63, 3.8) is 0 Å². The highest BCUT2D eigenvalue weighted by Crippen LogP contribution is 2.22. The van der Waals surface area contributed by atoms with Gasteiger partial charge in [-0.3, -0.25) is 14.3 Å². The van der Waals surface area contributed by atoms with Crippen LogP contribution in [-0.2, 0) is 0 Å². The highest BCUT2D eigenvalue weighted by molar-refractivity contribution is 6.03. The molecule has 0 saturated heterocycles. The summed E-state index contributed by atoms with van der Waals surface area (Å²) >= 11 is 0. The predicted molar refractivity (Wildman–Crippen MR) is 85.0 cm³/mol. The van der Waals surface area contributed by atoms with Crippen LogP contribution in [0.25, 0.3) is 17.0 Å². The summed E-state index contributed by atoms with van der Waals surface area (Å²) in [4.78, 5) is 20.7. The van der Waals surface area contributed by atoms with Gasteiger partial charge in [-0.05, 0) is 24.3 Å². The van der Waals surface area contributed by atoms with E-state index in [2.05, 4.69) is 25.5 Å². The van der Waals surface area contributed by atoms with E-state index >= 15 is 0 Å². The van der Waals surface area contributed by atoms with Gasteiger partial charge in [-0.15, -0.1) is 0 Å². The third kappa shape index (κ3) is 2.55. The van der Waals surface area contributed by atoms with E-state index in [1.165, 1.54) is 6.20 Å². The number of hydrogen-bond acceptors (Lipinski definition) is 4. The first-order valence-electron chi connectivity index (χ1n) is 7.00. The molecule has 7 heteroatoms. The molecule has 7 nitrogen and oxygen atoms in total. The summed E-state index contributed by atoms with van der Waals surface area (Å²) in [6, 6.07) is 11.0. The number of aromatic nitrogens is 5. The first-order chi connectivity index (χ1) is 11.3. The fourth-order valence-corrected chi connectivity index (χ4v) is 2.31. The molecule has 23 heavy (non-hydrogen) atoms. The normalized spacial score (nSPS) is 10.8. The first kappa shape index (κ1) is 13.2. The summed E-state index contributed by atoms with van der Waals surface area (Å²) in [6.07, 6.45) is 7.03. The summed E-state index contributed by atoms with van der Waals surface area (Å²) in [6.45, 7) is 0. The van der Waals surface area contributed by atoms with Crippen molar-refractivity contribution < 1.29 is 4.79 Å². The number of nitrogens with one attached hydrogen (secondary N) is 2. The standard InChI is InChI=1S/C16H12N6O/c23-15(13-5-7-18-21-13)19-12-4-1-3-11(9-12)14-10-22-8-2-6-17-16(22)20-14/h1-10H,(H,18,21)(H,19,23). The van der Waals surface area contributed by atoms with Crippen molar-refractivity contribution in [2.24, 2.45) is 0 Å². The Morgan fingerprint density at radius 3 is 2.96 bits per heavy atom. The molecule has 112 valence electrons. The van der Waals surface area contributed by atoms with Crippen molar-refractivity contribution in [3.05, 3.63) is 66.9 Å². The number of anilines is 1. The number of imidazole rings is 1. The Morgan fingerprint density at radius 1 is 1.17 bits per heavy atom. The zero-order valence-electron chi connectivity index (χ0n) is 12.0. The van der Waals surface area contributed by atoms with Crippen LogP contribution in [0.5, 0.6) is 0 Å². The van der Waals surface area contributed by atoms with Crippen LogP contribution in [0.15, 0.2) is 61.2 Å². The van der Waals surface area contributed by atoms with Crippen molar-refractivity contribution in [2.45, 2.75) is 0 Å². The van der Waals surface area contributed by atoms with E-state index in [-0.39, 0.29) is 5.91 Å². The Bertz CT molecular complexity index is 940. The molecule has 3 aromatic heterocycles. The molecule has 0 spiro atoms. The average Bonchev–Trinajstić information content (AvgIpc) is 3.24. The number of carbonyl (C=O) groups excluding carboxylic acids is 1. The van der Waals surface area contributed by atoms with Crippen LogP contribution in [0, 0.1) is 0 Å². The van der Waals surface area contributed by atoms with Gasteiger partial charge in [-0.1, -0.05) is 12.1 Å². The van der Waals surface area contributed by atoms with Gasteiger partial charge in [0.05, 0.1) is 5.69 Å². The molecule has 0 atom stereocenters. The fraction of sp³-hybridized carbons (Fsp3) is 0. The Balaban J connectivity index is 1.64. The summed E-state index contributed by atoms with van der Waals surface area (Å²) in [5.74, 6) is 0.394. The lowest BCUT2D eigenvalue weighted by Gasteiger charge is -2.05. The number of rotatable bonds is 3. The van der Waals surface area contributed by atoms with Gasteiger partial charge in [0.15, 0.2) is 0 Å². The summed E-state index contributed by atoms with van der Waals surface area (Å²) in [7, 11) is 0. The number of H-pyrrole nitrogens is 1. The van der Waals surface area contributed by atoms with Crippen molar-refractivity contribution >= 4 is 17.4 Å². The number of carbonyl (C=O) groups is 1. The zero-order chi connectivity index (χ0) is 15.6. The second-order valence-corrected chi connectivity index (χ2v) is 4.96. The third-order valence-electron chi connectivity index (χ3n) is 3.40. The molecule has 0 saturated carbocycles. The van der Waals surface area contributed by atoms with Crippen LogP contribution >= 0.6 is 0 Å². The number of nitrogens with zero attached hydrogens (tertiary/aromatic N) is 4. The molecule has 3 heterocycles. The van der Waals surface area contributed by atoms with E-state index in [1.807, 2.05) is 47.1 Å². The minimum absolute atomic E-state index is 0.240. The Morgan fingerprint density at radius 2 is 2.13 bits per heavy atom. The quantitative estimate of drug-likeness (QED) is 0.608. The fourth-order valence-electron chi connectivity index (χ4n) is 2.31. The van der Waals surface area contributed by atoms with E-state index in [0.29, 0.717) is 17.2 Å². The van der Waals surface area contributed by atoms with Crippen molar-refractivity contribution in [1.29, 1.82) is 0 Å². The maximum Gasteiger partial charge on any atom is 0.273 e. The van der Waals surface area contributed by atoms with Gasteiger partial charge < -0.3 is 5.32 Å². The highest BCUT2D eigenvalue weighted by atomic mass is 16.1. The minimum atomic E-state index is -0.240. The van der Waals surface area contributed by atoms with Crippen LogP contribution in [0.1, 0.15) is 10.5 Å². The van der Waals surface area contributed by atoms with Gasteiger partial charge in [0.1, 0.15) is 5.69 Å². The van der Waals surface area contributed by atoms with Crippen LogP contribution in [0.3, 0.4) is 0 Å². The zero-order valence-corrected chi connectivity index (χ0v) is 12.0. The monoisotopic (exact) mass is 304 g/mol. The number of aromatic amines is 1. The third-order valence-corrected chi connectivity index (χ3v) is 3.40. The predicted octanol–water partition coefficient (Wildman–Crippen LogP) is 2.37. The maximum absolute atomic E-state index is 12.1. The van der Waals surface area contributed by atoms with Crippen molar-refractivity contribution in [2.75, 3.05) is 5.32 Å². The molecule has 1 amide bonds. The number of amides is 1. The summed E-state index contributed by atoms with van der Waals surface area (Å²) in [5, 5.41) is 9.23. The van der Waals surface area contributed by atoms with E-state index in [0.717, 1.165) is 11.3 Å². The van der Waals surface area contributed by atoms with Gasteiger partial charge in [0.25, 0.3) is 5.91 Å². The second-order valence-electron chi connectivity index (χ2n) is 4.96.